The fraction of sp³-hybridized carbons (Fsp3) is 0.182. The number of nitrogens with zero attached hydrogens (tertiary/aromatic N) is 2. The van der Waals surface area contributed by atoms with Crippen LogP contribution in [0.5, 0.6) is 11.5 Å². The van der Waals surface area contributed by atoms with Crippen molar-refractivity contribution in [3.63, 3.8) is 0 Å². The Morgan fingerprint density at radius 3 is 3.04 bits per heavy atom. The first-order valence-electron chi connectivity index (χ1n) is 9.07. The van der Waals surface area contributed by atoms with Crippen LogP contribution in [0.15, 0.2) is 53.9 Å². The molecule has 2 aliphatic heterocycles. The van der Waals surface area contributed by atoms with E-state index < -0.39 is 0 Å². The maximum Gasteiger partial charge on any atom is 0.232 e. The van der Waals surface area contributed by atoms with Crippen molar-refractivity contribution in [2.75, 3.05) is 6.73 Å². The molecule has 0 saturated carbocycles. The van der Waals surface area contributed by atoms with Gasteiger partial charge in [-0.15, -0.1) is 11.3 Å². The first-order chi connectivity index (χ1) is 13.7. The minimum Gasteiger partial charge on any atom is -0.478 e. The van der Waals surface area contributed by atoms with Crippen LogP contribution in [-0.4, -0.2) is 22.4 Å². The second kappa shape index (κ2) is 6.89. The molecule has 6 heteroatoms. The van der Waals surface area contributed by atoms with Gasteiger partial charge in [-0.1, -0.05) is 12.1 Å². The Hall–Kier alpha value is -2.96. The predicted molar refractivity (Wildman–Crippen MR) is 107 cm³/mol. The number of carbonyl (C=O) groups is 1. The van der Waals surface area contributed by atoms with Gasteiger partial charge in [-0.05, 0) is 47.7 Å². The summed E-state index contributed by atoms with van der Waals surface area (Å²) in [5.74, 6) is 1.67. The van der Waals surface area contributed by atoms with E-state index in [1.807, 2.05) is 25.1 Å². The number of aryl methyl sites for hydroxylation is 1. The molecular formula is C22H18N2O3S. The predicted octanol–water partition coefficient (Wildman–Crippen LogP) is 4.42. The molecule has 5 nitrogen and oxygen atoms in total. The summed E-state index contributed by atoms with van der Waals surface area (Å²) in [6.45, 7) is 3.94. The molecule has 0 bridgehead atoms. The Balaban J connectivity index is 1.49. The monoisotopic (exact) mass is 390 g/mol. The Labute approximate surface area is 166 Å². The number of benzene rings is 1. The van der Waals surface area contributed by atoms with Crippen LogP contribution in [0.25, 0.3) is 6.08 Å². The molecule has 0 unspecified atom stereocenters. The molecular weight excluding hydrogens is 372 g/mol. The number of allylic oxidation sites excluding steroid dienone is 1. The number of ketones is 1. The Morgan fingerprint density at radius 2 is 2.25 bits per heavy atom. The SMILES string of the molecule is Cc1cc2c(c3c1C(=O)C(=Cc1cccnc1)O3)CN(Cc1cccs1)CO2. The second-order valence-corrected chi connectivity index (χ2v) is 7.97. The topological polar surface area (TPSA) is 51.7 Å². The van der Waals surface area contributed by atoms with Crippen LogP contribution in [0.1, 0.15) is 31.9 Å². The van der Waals surface area contributed by atoms with E-state index in [1.165, 1.54) is 4.88 Å². The minimum atomic E-state index is -0.0884. The highest BCUT2D eigenvalue weighted by Crippen LogP contribution is 2.44. The van der Waals surface area contributed by atoms with E-state index in [2.05, 4.69) is 27.4 Å². The average molecular weight is 390 g/mol. The highest BCUT2D eigenvalue weighted by Gasteiger charge is 2.35. The van der Waals surface area contributed by atoms with Crippen molar-refractivity contribution < 1.29 is 14.3 Å². The number of rotatable bonds is 3. The van der Waals surface area contributed by atoms with Crippen molar-refractivity contribution >= 4 is 23.2 Å². The fourth-order valence-corrected chi connectivity index (χ4v) is 4.36. The number of aromatic nitrogens is 1. The summed E-state index contributed by atoms with van der Waals surface area (Å²) in [7, 11) is 0. The molecule has 3 aromatic rings. The van der Waals surface area contributed by atoms with Crippen LogP contribution < -0.4 is 9.47 Å². The summed E-state index contributed by atoms with van der Waals surface area (Å²) < 4.78 is 12.1. The molecule has 0 atom stereocenters. The van der Waals surface area contributed by atoms with E-state index in [-0.39, 0.29) is 5.78 Å². The van der Waals surface area contributed by atoms with E-state index in [0.717, 1.165) is 29.0 Å². The number of carbonyl (C=O) groups excluding carboxylic acids is 1. The molecule has 0 N–H and O–H groups in total. The van der Waals surface area contributed by atoms with Crippen molar-refractivity contribution in [2.24, 2.45) is 0 Å². The van der Waals surface area contributed by atoms with Crippen LogP contribution in [0.3, 0.4) is 0 Å². The number of Topliss-reactive ketones (excluding diaryl/α,β-unsaturated/α-hetero) is 1. The fourth-order valence-electron chi connectivity index (χ4n) is 3.61. The lowest BCUT2D eigenvalue weighted by molar-refractivity contribution is 0.0881. The third kappa shape index (κ3) is 3.00. The van der Waals surface area contributed by atoms with Gasteiger partial charge in [0.15, 0.2) is 5.76 Å². The third-order valence-electron chi connectivity index (χ3n) is 4.93. The Morgan fingerprint density at radius 1 is 1.32 bits per heavy atom. The molecule has 0 saturated heterocycles. The average Bonchev–Trinajstić information content (AvgIpc) is 3.32. The van der Waals surface area contributed by atoms with E-state index >= 15 is 0 Å². The molecule has 1 aromatic carbocycles. The van der Waals surface area contributed by atoms with Gasteiger partial charge < -0.3 is 9.47 Å². The van der Waals surface area contributed by atoms with E-state index in [9.17, 15) is 4.79 Å². The maximum absolute atomic E-state index is 13.0. The molecule has 5 rings (SSSR count). The number of thiophene rings is 1. The van der Waals surface area contributed by atoms with Gasteiger partial charge in [-0.25, -0.2) is 0 Å². The lowest BCUT2D eigenvalue weighted by atomic mass is 9.98. The van der Waals surface area contributed by atoms with Gasteiger partial charge in [0.2, 0.25) is 5.78 Å². The van der Waals surface area contributed by atoms with Gasteiger partial charge in [0, 0.05) is 30.4 Å². The van der Waals surface area contributed by atoms with Crippen LogP contribution in [0.4, 0.5) is 0 Å². The molecule has 140 valence electrons. The molecule has 28 heavy (non-hydrogen) atoms. The zero-order valence-electron chi connectivity index (χ0n) is 15.3. The smallest absolute Gasteiger partial charge is 0.232 e. The molecule has 4 heterocycles. The highest BCUT2D eigenvalue weighted by atomic mass is 32.1. The van der Waals surface area contributed by atoms with Gasteiger partial charge in [0.25, 0.3) is 0 Å². The zero-order chi connectivity index (χ0) is 19.1. The van der Waals surface area contributed by atoms with Crippen LogP contribution in [-0.2, 0) is 13.1 Å². The molecule has 2 aromatic heterocycles. The normalized spacial score (nSPS) is 17.2. The van der Waals surface area contributed by atoms with Gasteiger partial charge >= 0.3 is 0 Å². The van der Waals surface area contributed by atoms with Gasteiger partial charge in [0.1, 0.15) is 18.2 Å². The molecule has 0 fully saturated rings. The maximum atomic E-state index is 13.0. The summed E-state index contributed by atoms with van der Waals surface area (Å²) in [6, 6.07) is 9.85. The summed E-state index contributed by atoms with van der Waals surface area (Å²) >= 11 is 1.73. The minimum absolute atomic E-state index is 0.0884. The zero-order valence-corrected chi connectivity index (χ0v) is 16.2. The summed E-state index contributed by atoms with van der Waals surface area (Å²) in [6.07, 6.45) is 5.16. The van der Waals surface area contributed by atoms with Crippen molar-refractivity contribution in [1.82, 2.24) is 9.88 Å². The second-order valence-electron chi connectivity index (χ2n) is 6.94. The quantitative estimate of drug-likeness (QED) is 0.620. The number of hydrogen-bond donors (Lipinski definition) is 0. The lowest BCUT2D eigenvalue weighted by Gasteiger charge is -2.29. The molecule has 2 aliphatic rings. The standard InChI is InChI=1S/C22H18N2O3S/c1-14-8-18-17(12-24(13-26-18)11-16-5-3-7-28-16)22-20(14)21(25)19(27-22)9-15-4-2-6-23-10-15/h2-10H,11-13H2,1H3. The summed E-state index contributed by atoms with van der Waals surface area (Å²) in [5.41, 5.74) is 3.28. The Kier molecular flexibility index (Phi) is 4.22. The van der Waals surface area contributed by atoms with Gasteiger partial charge in [-0.3, -0.25) is 14.7 Å². The first-order valence-corrected chi connectivity index (χ1v) is 9.95. The van der Waals surface area contributed by atoms with E-state index in [1.54, 1.807) is 29.8 Å². The lowest BCUT2D eigenvalue weighted by Crippen LogP contribution is -2.31. The number of pyridine rings is 1. The van der Waals surface area contributed by atoms with Crippen molar-refractivity contribution in [2.45, 2.75) is 20.0 Å². The Bertz CT molecular complexity index is 1070. The first kappa shape index (κ1) is 17.2. The highest BCUT2D eigenvalue weighted by molar-refractivity contribution is 7.09. The molecule has 0 aliphatic carbocycles. The molecule has 0 radical (unpaired) electrons. The summed E-state index contributed by atoms with van der Waals surface area (Å²) in [5, 5.41) is 2.08. The largest absolute Gasteiger partial charge is 0.478 e. The van der Waals surface area contributed by atoms with Crippen LogP contribution in [0, 0.1) is 6.92 Å². The third-order valence-corrected chi connectivity index (χ3v) is 5.79. The van der Waals surface area contributed by atoms with E-state index in [4.69, 9.17) is 9.47 Å². The van der Waals surface area contributed by atoms with Crippen molar-refractivity contribution in [1.29, 1.82) is 0 Å². The number of hydrogen-bond acceptors (Lipinski definition) is 6. The van der Waals surface area contributed by atoms with Crippen LogP contribution in [0.2, 0.25) is 0 Å². The number of ether oxygens (including phenoxy) is 2. The molecule has 0 spiro atoms. The van der Waals surface area contributed by atoms with E-state index in [0.29, 0.717) is 30.3 Å². The van der Waals surface area contributed by atoms with Gasteiger partial charge in [0.05, 0.1) is 11.1 Å². The van der Waals surface area contributed by atoms with Crippen molar-refractivity contribution in [3.8, 4) is 11.5 Å². The number of fused-ring (bicyclic) bond motifs is 3. The summed E-state index contributed by atoms with van der Waals surface area (Å²) in [4.78, 5) is 20.6. The van der Waals surface area contributed by atoms with Crippen molar-refractivity contribution in [3.05, 3.63) is 81.0 Å². The molecule has 0 amide bonds. The van der Waals surface area contributed by atoms with Gasteiger partial charge in [-0.2, -0.15) is 0 Å². The van der Waals surface area contributed by atoms with Crippen LogP contribution >= 0.6 is 11.3 Å².